The normalized spacial score (nSPS) is 9.95. The molecular formula is C13H10ClN3O2. The molecule has 0 aliphatic carbocycles. The van der Waals surface area contributed by atoms with Gasteiger partial charge in [0.15, 0.2) is 0 Å². The van der Waals surface area contributed by atoms with E-state index in [0.29, 0.717) is 22.0 Å². The number of aromatic nitrogens is 2. The third-order valence-corrected chi connectivity index (χ3v) is 2.80. The van der Waals surface area contributed by atoms with Gasteiger partial charge in [-0.05, 0) is 17.7 Å². The fourth-order valence-electron chi connectivity index (χ4n) is 1.60. The van der Waals surface area contributed by atoms with Crippen molar-refractivity contribution in [2.24, 2.45) is 0 Å². The Morgan fingerprint density at radius 2 is 2.21 bits per heavy atom. The van der Waals surface area contributed by atoms with E-state index in [1.165, 1.54) is 23.9 Å². The maximum absolute atomic E-state index is 11.7. The van der Waals surface area contributed by atoms with Crippen molar-refractivity contribution in [1.82, 2.24) is 9.78 Å². The van der Waals surface area contributed by atoms with Crippen LogP contribution in [-0.4, -0.2) is 16.9 Å². The lowest BCUT2D eigenvalue weighted by Gasteiger charge is -2.07. The van der Waals surface area contributed by atoms with Crippen molar-refractivity contribution in [1.29, 1.82) is 5.26 Å². The Kier molecular flexibility index (Phi) is 3.83. The minimum Gasteiger partial charge on any atom is -0.480 e. The first-order chi connectivity index (χ1) is 9.13. The molecule has 0 saturated carbocycles. The molecule has 0 N–H and O–H groups in total. The van der Waals surface area contributed by atoms with Crippen molar-refractivity contribution in [3.63, 3.8) is 0 Å². The van der Waals surface area contributed by atoms with Crippen LogP contribution in [0, 0.1) is 11.3 Å². The van der Waals surface area contributed by atoms with Crippen LogP contribution in [0.3, 0.4) is 0 Å². The molecular weight excluding hydrogens is 266 g/mol. The lowest BCUT2D eigenvalue weighted by atomic mass is 10.1. The Hall–Kier alpha value is -2.32. The highest BCUT2D eigenvalue weighted by Crippen LogP contribution is 2.16. The Morgan fingerprint density at radius 1 is 1.42 bits per heavy atom. The Bertz CT molecular complexity index is 704. The molecule has 1 aromatic heterocycles. The van der Waals surface area contributed by atoms with Crippen molar-refractivity contribution < 1.29 is 4.74 Å². The van der Waals surface area contributed by atoms with E-state index in [1.54, 1.807) is 18.2 Å². The lowest BCUT2D eigenvalue weighted by molar-refractivity contribution is 0.379. The summed E-state index contributed by atoms with van der Waals surface area (Å²) in [6.45, 7) is 0.191. The molecule has 0 unspecified atom stereocenters. The van der Waals surface area contributed by atoms with Gasteiger partial charge in [0.25, 0.3) is 5.56 Å². The van der Waals surface area contributed by atoms with Crippen LogP contribution in [0.4, 0.5) is 0 Å². The molecule has 0 spiro atoms. The summed E-state index contributed by atoms with van der Waals surface area (Å²) in [5.41, 5.74) is 0.832. The number of nitriles is 1. The van der Waals surface area contributed by atoms with Gasteiger partial charge in [-0.25, -0.2) is 4.68 Å². The average molecular weight is 276 g/mol. The molecule has 0 atom stereocenters. The summed E-state index contributed by atoms with van der Waals surface area (Å²) in [5, 5.41) is 13.6. The molecule has 2 rings (SSSR count). The third kappa shape index (κ3) is 2.92. The minimum absolute atomic E-state index is 0.191. The third-order valence-electron chi connectivity index (χ3n) is 2.56. The number of hydrogen-bond acceptors (Lipinski definition) is 4. The number of rotatable bonds is 3. The van der Waals surface area contributed by atoms with E-state index in [2.05, 4.69) is 5.10 Å². The maximum Gasteiger partial charge on any atom is 0.267 e. The SMILES string of the molecule is COc1ccc(=O)n(Cc2ccc(Cl)cc2C#N)n1. The van der Waals surface area contributed by atoms with Gasteiger partial charge in [0.05, 0.1) is 25.3 Å². The molecule has 0 amide bonds. The van der Waals surface area contributed by atoms with Crippen molar-refractivity contribution in [2.45, 2.75) is 6.54 Å². The largest absolute Gasteiger partial charge is 0.480 e. The monoisotopic (exact) mass is 275 g/mol. The van der Waals surface area contributed by atoms with Gasteiger partial charge in [-0.2, -0.15) is 5.26 Å². The molecule has 5 nitrogen and oxygen atoms in total. The Labute approximate surface area is 114 Å². The maximum atomic E-state index is 11.7. The standard InChI is InChI=1S/C13H10ClN3O2/c1-19-12-4-5-13(18)17(16-12)8-9-2-3-11(14)6-10(9)7-15/h2-6H,8H2,1H3. The zero-order valence-electron chi connectivity index (χ0n) is 10.1. The first-order valence-corrected chi connectivity index (χ1v) is 5.82. The van der Waals surface area contributed by atoms with Crippen LogP contribution in [0.15, 0.2) is 35.1 Å². The highest BCUT2D eigenvalue weighted by Gasteiger charge is 2.07. The summed E-state index contributed by atoms with van der Waals surface area (Å²) >= 11 is 5.82. The van der Waals surface area contributed by atoms with Crippen molar-refractivity contribution >= 4 is 11.6 Å². The van der Waals surface area contributed by atoms with Crippen LogP contribution in [0.25, 0.3) is 0 Å². The molecule has 0 aliphatic rings. The molecule has 2 aromatic rings. The molecule has 6 heteroatoms. The van der Waals surface area contributed by atoms with E-state index in [4.69, 9.17) is 21.6 Å². The van der Waals surface area contributed by atoms with Gasteiger partial charge >= 0.3 is 0 Å². The average Bonchev–Trinajstić information content (AvgIpc) is 2.43. The van der Waals surface area contributed by atoms with E-state index < -0.39 is 0 Å². The van der Waals surface area contributed by atoms with Crippen LogP contribution in [0.1, 0.15) is 11.1 Å². The van der Waals surface area contributed by atoms with Crippen LogP contribution in [-0.2, 0) is 6.54 Å². The zero-order valence-corrected chi connectivity index (χ0v) is 10.9. The summed E-state index contributed by atoms with van der Waals surface area (Å²) in [7, 11) is 1.47. The van der Waals surface area contributed by atoms with Crippen molar-refractivity contribution in [3.8, 4) is 11.9 Å². The van der Waals surface area contributed by atoms with Crippen LogP contribution in [0.2, 0.25) is 5.02 Å². The minimum atomic E-state index is -0.264. The first-order valence-electron chi connectivity index (χ1n) is 5.44. The van der Waals surface area contributed by atoms with Crippen LogP contribution in [0.5, 0.6) is 5.88 Å². The van der Waals surface area contributed by atoms with Gasteiger partial charge in [-0.15, -0.1) is 5.10 Å². The molecule has 96 valence electrons. The fraction of sp³-hybridized carbons (Fsp3) is 0.154. The van der Waals surface area contributed by atoms with E-state index in [-0.39, 0.29) is 12.1 Å². The molecule has 19 heavy (non-hydrogen) atoms. The second-order valence-corrected chi connectivity index (χ2v) is 4.22. The molecule has 1 aromatic carbocycles. The van der Waals surface area contributed by atoms with Crippen LogP contribution < -0.4 is 10.3 Å². The van der Waals surface area contributed by atoms with E-state index in [9.17, 15) is 4.79 Å². The summed E-state index contributed by atoms with van der Waals surface area (Å²) < 4.78 is 6.21. The Balaban J connectivity index is 2.42. The summed E-state index contributed by atoms with van der Waals surface area (Å²) in [4.78, 5) is 11.7. The van der Waals surface area contributed by atoms with Crippen molar-refractivity contribution in [3.05, 3.63) is 56.8 Å². The van der Waals surface area contributed by atoms with Gasteiger partial charge in [0, 0.05) is 17.2 Å². The number of nitrogens with zero attached hydrogens (tertiary/aromatic N) is 3. The van der Waals surface area contributed by atoms with E-state index in [1.807, 2.05) is 6.07 Å². The predicted octanol–water partition coefficient (Wildman–Crippen LogP) is 1.83. The highest BCUT2D eigenvalue weighted by atomic mass is 35.5. The second-order valence-electron chi connectivity index (χ2n) is 3.78. The highest BCUT2D eigenvalue weighted by molar-refractivity contribution is 6.30. The summed E-state index contributed by atoms with van der Waals surface area (Å²) in [6, 6.07) is 9.84. The number of ether oxygens (including phenoxy) is 1. The number of methoxy groups -OCH3 is 1. The van der Waals surface area contributed by atoms with Gasteiger partial charge in [-0.1, -0.05) is 17.7 Å². The molecule has 0 fully saturated rings. The second kappa shape index (κ2) is 5.55. The summed E-state index contributed by atoms with van der Waals surface area (Å²) in [5.74, 6) is 0.340. The molecule has 0 saturated heterocycles. The van der Waals surface area contributed by atoms with E-state index in [0.717, 1.165) is 0 Å². The van der Waals surface area contributed by atoms with Crippen molar-refractivity contribution in [2.75, 3.05) is 7.11 Å². The van der Waals surface area contributed by atoms with Gasteiger partial charge < -0.3 is 4.74 Å². The molecule has 0 aliphatic heterocycles. The van der Waals surface area contributed by atoms with Gasteiger partial charge in [0.1, 0.15) is 0 Å². The smallest absolute Gasteiger partial charge is 0.267 e. The molecule has 0 radical (unpaired) electrons. The fourth-order valence-corrected chi connectivity index (χ4v) is 1.78. The van der Waals surface area contributed by atoms with E-state index >= 15 is 0 Å². The number of hydrogen-bond donors (Lipinski definition) is 0. The number of halogens is 1. The van der Waals surface area contributed by atoms with Crippen LogP contribution >= 0.6 is 11.6 Å². The number of benzene rings is 1. The van der Waals surface area contributed by atoms with Gasteiger partial charge in [0.2, 0.25) is 5.88 Å². The summed E-state index contributed by atoms with van der Waals surface area (Å²) in [6.07, 6.45) is 0. The molecule has 1 heterocycles. The zero-order chi connectivity index (χ0) is 13.8. The lowest BCUT2D eigenvalue weighted by Crippen LogP contribution is -2.23. The van der Waals surface area contributed by atoms with Gasteiger partial charge in [-0.3, -0.25) is 4.79 Å². The first kappa shape index (κ1) is 13.1. The topological polar surface area (TPSA) is 67.9 Å². The molecule has 0 bridgehead atoms. The quantitative estimate of drug-likeness (QED) is 0.857. The Morgan fingerprint density at radius 3 is 2.89 bits per heavy atom. The predicted molar refractivity (Wildman–Crippen MR) is 70.3 cm³/mol.